The molecule has 1 aliphatic rings. The monoisotopic (exact) mass is 366 g/mol. The van der Waals surface area contributed by atoms with Crippen molar-refractivity contribution in [2.24, 2.45) is 0 Å². The molecule has 1 unspecified atom stereocenters. The first-order valence-electron chi connectivity index (χ1n) is 9.08. The third-order valence-corrected chi connectivity index (χ3v) is 5.13. The van der Waals surface area contributed by atoms with Gasteiger partial charge >= 0.3 is 5.97 Å². The zero-order valence-corrected chi connectivity index (χ0v) is 15.4. The third kappa shape index (κ3) is 3.40. The number of rotatable bonds is 7. The lowest BCUT2D eigenvalue weighted by Gasteiger charge is -2.24. The zero-order valence-electron chi connectivity index (χ0n) is 15.4. The van der Waals surface area contributed by atoms with Crippen LogP contribution in [0.25, 0.3) is 22.0 Å². The van der Waals surface area contributed by atoms with Gasteiger partial charge in [-0.05, 0) is 36.6 Å². The van der Waals surface area contributed by atoms with Gasteiger partial charge in [0.1, 0.15) is 17.5 Å². The molecule has 0 spiro atoms. The second-order valence-corrected chi connectivity index (χ2v) is 6.96. The maximum Gasteiger partial charge on any atom is 0.320 e. The van der Waals surface area contributed by atoms with Gasteiger partial charge in [-0.2, -0.15) is 0 Å². The van der Waals surface area contributed by atoms with E-state index in [2.05, 4.69) is 5.16 Å². The Balaban J connectivity index is 1.69. The fraction of sp³-hybridized carbons (Fsp3) is 0.333. The smallest absolute Gasteiger partial charge is 0.320 e. The zero-order chi connectivity index (χ0) is 19.0. The van der Waals surface area contributed by atoms with E-state index in [1.807, 2.05) is 47.4 Å². The van der Waals surface area contributed by atoms with Crippen molar-refractivity contribution in [3.05, 3.63) is 48.2 Å². The van der Waals surface area contributed by atoms with Crippen LogP contribution in [0, 0.1) is 0 Å². The molecule has 1 heterocycles. The van der Waals surface area contributed by atoms with Crippen molar-refractivity contribution in [2.75, 3.05) is 7.11 Å². The summed E-state index contributed by atoms with van der Waals surface area (Å²) >= 11 is 0. The predicted molar refractivity (Wildman–Crippen MR) is 102 cm³/mol. The minimum Gasteiger partial charge on any atom is -0.496 e. The molecular weight excluding hydrogens is 344 g/mol. The van der Waals surface area contributed by atoms with Gasteiger partial charge in [0.05, 0.1) is 19.2 Å². The fourth-order valence-corrected chi connectivity index (χ4v) is 3.50. The Bertz CT molecular complexity index is 977. The molecule has 1 aromatic heterocycles. The average molecular weight is 366 g/mol. The Morgan fingerprint density at radius 1 is 1.33 bits per heavy atom. The summed E-state index contributed by atoms with van der Waals surface area (Å²) in [6, 6.07) is 13.6. The molecule has 0 radical (unpaired) electrons. The van der Waals surface area contributed by atoms with E-state index in [1.54, 1.807) is 14.0 Å². The summed E-state index contributed by atoms with van der Waals surface area (Å²) < 4.78 is 11.1. The van der Waals surface area contributed by atoms with Gasteiger partial charge < -0.3 is 14.4 Å². The number of fused-ring (bicyclic) bond motifs is 1. The van der Waals surface area contributed by atoms with Gasteiger partial charge in [0.15, 0.2) is 5.76 Å². The number of hydrogen-bond donors (Lipinski definition) is 1. The molecular formula is C21H22N2O4. The maximum absolute atomic E-state index is 11.4. The molecule has 1 N–H and O–H groups in total. The number of carboxylic acid groups (broad SMARTS) is 1. The highest BCUT2D eigenvalue weighted by atomic mass is 16.5. The summed E-state index contributed by atoms with van der Waals surface area (Å²) in [4.78, 5) is 13.4. The number of aromatic nitrogens is 1. The summed E-state index contributed by atoms with van der Waals surface area (Å²) in [5.74, 6) is 0.559. The summed E-state index contributed by atoms with van der Waals surface area (Å²) in [6.45, 7) is 2.14. The molecule has 140 valence electrons. The normalized spacial score (nSPS) is 15.2. The Morgan fingerprint density at radius 2 is 2.11 bits per heavy atom. The highest BCUT2D eigenvalue weighted by Crippen LogP contribution is 2.37. The molecule has 2 aromatic carbocycles. The van der Waals surface area contributed by atoms with Crippen LogP contribution >= 0.6 is 0 Å². The topological polar surface area (TPSA) is 75.8 Å². The van der Waals surface area contributed by atoms with Crippen molar-refractivity contribution >= 4 is 16.7 Å². The van der Waals surface area contributed by atoms with Crippen molar-refractivity contribution in [2.45, 2.75) is 38.4 Å². The third-order valence-electron chi connectivity index (χ3n) is 5.13. The minimum atomic E-state index is -0.822. The standard InChI is InChI=1S/C21H22N2O4/c1-13(21(24)25)23(15-8-9-15)12-16-11-18(22-27-16)20-17-6-4-3-5-14(17)7-10-19(20)26-2/h3-7,10-11,13,15H,8-9,12H2,1-2H3,(H,24,25). The molecule has 27 heavy (non-hydrogen) atoms. The Labute approximate surface area is 157 Å². The Kier molecular flexibility index (Phi) is 4.58. The van der Waals surface area contributed by atoms with Crippen LogP contribution in [0.5, 0.6) is 5.75 Å². The SMILES string of the molecule is COc1ccc2ccccc2c1-c1cc(CN(C2CC2)C(C)C(=O)O)on1. The number of carbonyl (C=O) groups is 1. The molecule has 0 saturated heterocycles. The molecule has 4 rings (SSSR count). The summed E-state index contributed by atoms with van der Waals surface area (Å²) in [5.41, 5.74) is 1.58. The molecule has 0 amide bonds. The van der Waals surface area contributed by atoms with E-state index in [9.17, 15) is 9.90 Å². The summed E-state index contributed by atoms with van der Waals surface area (Å²) in [6.07, 6.45) is 2.05. The van der Waals surface area contributed by atoms with Gasteiger partial charge in [-0.3, -0.25) is 9.69 Å². The van der Waals surface area contributed by atoms with E-state index in [0.29, 0.717) is 24.0 Å². The Hall–Kier alpha value is -2.86. The molecule has 0 bridgehead atoms. The number of aliphatic carboxylic acids is 1. The molecule has 1 saturated carbocycles. The number of benzene rings is 2. The lowest BCUT2D eigenvalue weighted by molar-refractivity contribution is -0.143. The van der Waals surface area contributed by atoms with Crippen molar-refractivity contribution in [3.63, 3.8) is 0 Å². The quantitative estimate of drug-likeness (QED) is 0.682. The van der Waals surface area contributed by atoms with Crippen LogP contribution in [0.4, 0.5) is 0 Å². The van der Waals surface area contributed by atoms with Crippen molar-refractivity contribution in [1.29, 1.82) is 0 Å². The summed E-state index contributed by atoms with van der Waals surface area (Å²) in [5, 5.41) is 15.8. The highest BCUT2D eigenvalue weighted by Gasteiger charge is 2.35. The van der Waals surface area contributed by atoms with Crippen LogP contribution in [0.3, 0.4) is 0 Å². The number of hydrogen-bond acceptors (Lipinski definition) is 5. The first kappa shape index (κ1) is 17.5. The molecule has 3 aromatic rings. The van der Waals surface area contributed by atoms with Gasteiger partial charge in [0.2, 0.25) is 0 Å². The average Bonchev–Trinajstić information content (AvgIpc) is 3.42. The Morgan fingerprint density at radius 3 is 2.81 bits per heavy atom. The van der Waals surface area contributed by atoms with Crippen LogP contribution in [-0.4, -0.2) is 40.3 Å². The predicted octanol–water partition coefficient (Wildman–Crippen LogP) is 3.94. The van der Waals surface area contributed by atoms with E-state index in [4.69, 9.17) is 9.26 Å². The van der Waals surface area contributed by atoms with Crippen LogP contribution in [0.2, 0.25) is 0 Å². The van der Waals surface area contributed by atoms with Crippen LogP contribution in [0.1, 0.15) is 25.5 Å². The second-order valence-electron chi connectivity index (χ2n) is 6.96. The van der Waals surface area contributed by atoms with Gasteiger partial charge in [0, 0.05) is 12.1 Å². The fourth-order valence-electron chi connectivity index (χ4n) is 3.50. The van der Waals surface area contributed by atoms with Crippen molar-refractivity contribution < 1.29 is 19.2 Å². The lowest BCUT2D eigenvalue weighted by atomic mass is 10.0. The number of nitrogens with zero attached hydrogens (tertiary/aromatic N) is 2. The van der Waals surface area contributed by atoms with E-state index in [0.717, 1.165) is 34.9 Å². The molecule has 1 fully saturated rings. The van der Waals surface area contributed by atoms with E-state index < -0.39 is 12.0 Å². The van der Waals surface area contributed by atoms with Gasteiger partial charge in [0.25, 0.3) is 0 Å². The molecule has 1 atom stereocenters. The molecule has 6 nitrogen and oxygen atoms in total. The van der Waals surface area contributed by atoms with Gasteiger partial charge in [-0.1, -0.05) is 35.5 Å². The molecule has 1 aliphatic carbocycles. The van der Waals surface area contributed by atoms with Crippen LogP contribution in [-0.2, 0) is 11.3 Å². The lowest BCUT2D eigenvalue weighted by Crippen LogP contribution is -2.39. The first-order chi connectivity index (χ1) is 13.1. The number of carboxylic acids is 1. The van der Waals surface area contributed by atoms with Crippen molar-refractivity contribution in [3.8, 4) is 17.0 Å². The van der Waals surface area contributed by atoms with E-state index >= 15 is 0 Å². The largest absolute Gasteiger partial charge is 0.496 e. The van der Waals surface area contributed by atoms with Gasteiger partial charge in [-0.25, -0.2) is 0 Å². The first-order valence-corrected chi connectivity index (χ1v) is 9.08. The number of methoxy groups -OCH3 is 1. The highest BCUT2D eigenvalue weighted by molar-refractivity contribution is 5.98. The van der Waals surface area contributed by atoms with Crippen LogP contribution in [0.15, 0.2) is 47.0 Å². The van der Waals surface area contributed by atoms with E-state index in [-0.39, 0.29) is 0 Å². The second kappa shape index (κ2) is 7.04. The summed E-state index contributed by atoms with van der Waals surface area (Å²) in [7, 11) is 1.64. The van der Waals surface area contributed by atoms with E-state index in [1.165, 1.54) is 0 Å². The molecule has 6 heteroatoms. The number of ether oxygens (including phenoxy) is 1. The maximum atomic E-state index is 11.4. The minimum absolute atomic E-state index is 0.303. The molecule has 0 aliphatic heterocycles. The van der Waals surface area contributed by atoms with Crippen molar-refractivity contribution in [1.82, 2.24) is 10.1 Å². The van der Waals surface area contributed by atoms with Gasteiger partial charge in [-0.15, -0.1) is 0 Å². The van der Waals surface area contributed by atoms with Crippen LogP contribution < -0.4 is 4.74 Å².